The van der Waals surface area contributed by atoms with E-state index in [1.807, 2.05) is 4.90 Å². The van der Waals surface area contributed by atoms with E-state index in [2.05, 4.69) is 30.6 Å². The molecular formula is C24H27FN8O3. The van der Waals surface area contributed by atoms with Crippen LogP contribution in [0.3, 0.4) is 0 Å². The van der Waals surface area contributed by atoms with E-state index in [-0.39, 0.29) is 28.7 Å². The lowest BCUT2D eigenvalue weighted by atomic mass is 9.93. The van der Waals surface area contributed by atoms with Crippen LogP contribution in [0.2, 0.25) is 0 Å². The number of rotatable bonds is 5. The van der Waals surface area contributed by atoms with Crippen molar-refractivity contribution in [3.8, 4) is 0 Å². The molecule has 11 nitrogen and oxygen atoms in total. The van der Waals surface area contributed by atoms with Crippen LogP contribution >= 0.6 is 0 Å². The number of allylic oxidation sites excluding steroid dienone is 1. The van der Waals surface area contributed by atoms with Gasteiger partial charge in [0.2, 0.25) is 5.95 Å². The summed E-state index contributed by atoms with van der Waals surface area (Å²) in [5.41, 5.74) is 0.392. The highest BCUT2D eigenvalue weighted by Gasteiger charge is 2.19. The molecule has 0 radical (unpaired) electrons. The molecule has 4 rings (SSSR count). The average molecular weight is 495 g/mol. The Morgan fingerprint density at radius 3 is 2.69 bits per heavy atom. The number of aliphatic hydroxyl groups excluding tert-OH is 1. The number of aromatic nitrogens is 4. The van der Waals surface area contributed by atoms with Crippen LogP contribution in [0.15, 0.2) is 42.6 Å². The lowest BCUT2D eigenvalue weighted by Crippen LogP contribution is -2.37. The number of amidine groups is 1. The third-order valence-corrected chi connectivity index (χ3v) is 5.44. The second-order valence-corrected chi connectivity index (χ2v) is 9.19. The zero-order valence-corrected chi connectivity index (χ0v) is 20.2. The predicted molar refractivity (Wildman–Crippen MR) is 133 cm³/mol. The SMILES string of the molecule is CC(C)(C)/C(O)=C/C(=N)NC(=O)c1ccc(F)c(Nc2ncnc3cnc(N4CCOCC4)nc23)c1. The Kier molecular flexibility index (Phi) is 7.06. The van der Waals surface area contributed by atoms with Gasteiger partial charge in [-0.05, 0) is 18.2 Å². The maximum atomic E-state index is 14.7. The van der Waals surface area contributed by atoms with E-state index in [0.717, 1.165) is 6.07 Å². The van der Waals surface area contributed by atoms with E-state index < -0.39 is 17.1 Å². The van der Waals surface area contributed by atoms with Gasteiger partial charge in [-0.15, -0.1) is 0 Å². The fourth-order valence-electron chi connectivity index (χ4n) is 3.33. The second-order valence-electron chi connectivity index (χ2n) is 9.19. The Labute approximate surface area is 207 Å². The fraction of sp³-hybridized carbons (Fsp3) is 0.333. The summed E-state index contributed by atoms with van der Waals surface area (Å²) in [7, 11) is 0. The van der Waals surface area contributed by atoms with E-state index in [0.29, 0.717) is 43.3 Å². The van der Waals surface area contributed by atoms with E-state index >= 15 is 0 Å². The van der Waals surface area contributed by atoms with Gasteiger partial charge in [0.1, 0.15) is 34.8 Å². The predicted octanol–water partition coefficient (Wildman–Crippen LogP) is 3.33. The molecule has 0 aliphatic carbocycles. The van der Waals surface area contributed by atoms with E-state index in [1.165, 1.54) is 24.5 Å². The molecule has 188 valence electrons. The monoisotopic (exact) mass is 494 g/mol. The van der Waals surface area contributed by atoms with Crippen LogP contribution in [0.1, 0.15) is 31.1 Å². The van der Waals surface area contributed by atoms with Crippen LogP contribution in [0, 0.1) is 16.6 Å². The molecule has 1 amide bonds. The number of carbonyl (C=O) groups is 1. The van der Waals surface area contributed by atoms with E-state index in [4.69, 9.17) is 10.1 Å². The summed E-state index contributed by atoms with van der Waals surface area (Å²) in [5.74, 6) is -0.850. The average Bonchev–Trinajstić information content (AvgIpc) is 2.85. The van der Waals surface area contributed by atoms with Crippen molar-refractivity contribution in [2.24, 2.45) is 5.41 Å². The highest BCUT2D eigenvalue weighted by Crippen LogP contribution is 2.26. The first kappa shape index (κ1) is 24.9. The fourth-order valence-corrected chi connectivity index (χ4v) is 3.33. The summed E-state index contributed by atoms with van der Waals surface area (Å²) in [5, 5.41) is 23.3. The Balaban J connectivity index is 1.58. The molecular weight excluding hydrogens is 467 g/mol. The number of amides is 1. The minimum Gasteiger partial charge on any atom is -0.512 e. The highest BCUT2D eigenvalue weighted by molar-refractivity contribution is 6.09. The summed E-state index contributed by atoms with van der Waals surface area (Å²) in [6.45, 7) is 7.76. The molecule has 1 aliphatic rings. The number of ether oxygens (including phenoxy) is 1. The zero-order chi connectivity index (χ0) is 25.9. The van der Waals surface area contributed by atoms with Gasteiger partial charge in [0.25, 0.3) is 5.91 Å². The van der Waals surface area contributed by atoms with Gasteiger partial charge in [-0.1, -0.05) is 20.8 Å². The number of halogens is 1. The van der Waals surface area contributed by atoms with Gasteiger partial charge in [-0.25, -0.2) is 24.3 Å². The molecule has 3 heterocycles. The molecule has 36 heavy (non-hydrogen) atoms. The van der Waals surface area contributed by atoms with Crippen molar-refractivity contribution < 1.29 is 19.0 Å². The number of morpholine rings is 1. The zero-order valence-electron chi connectivity index (χ0n) is 20.2. The largest absolute Gasteiger partial charge is 0.512 e. The van der Waals surface area contributed by atoms with Crippen LogP contribution in [-0.4, -0.2) is 63.1 Å². The molecule has 0 bridgehead atoms. The van der Waals surface area contributed by atoms with Gasteiger partial charge in [0, 0.05) is 30.1 Å². The molecule has 0 unspecified atom stereocenters. The van der Waals surface area contributed by atoms with Crippen LogP contribution in [-0.2, 0) is 4.74 Å². The number of benzene rings is 1. The molecule has 1 fully saturated rings. The molecule has 1 aliphatic heterocycles. The second kappa shape index (κ2) is 10.2. The van der Waals surface area contributed by atoms with Gasteiger partial charge in [-0.3, -0.25) is 10.2 Å². The molecule has 1 aromatic carbocycles. The quantitative estimate of drug-likeness (QED) is 0.238. The summed E-state index contributed by atoms with van der Waals surface area (Å²) < 4.78 is 20.1. The van der Waals surface area contributed by atoms with Crippen molar-refractivity contribution >= 4 is 40.2 Å². The molecule has 1 saturated heterocycles. The summed E-state index contributed by atoms with van der Waals surface area (Å²) in [4.78, 5) is 32.0. The topological polar surface area (TPSA) is 149 Å². The summed E-state index contributed by atoms with van der Waals surface area (Å²) in [6, 6.07) is 3.75. The minimum atomic E-state index is -0.634. The van der Waals surface area contributed by atoms with Gasteiger partial charge in [0.05, 0.1) is 25.1 Å². The maximum Gasteiger partial charge on any atom is 0.256 e. The molecule has 2 aromatic heterocycles. The Bertz CT molecular complexity index is 1330. The van der Waals surface area contributed by atoms with Crippen LogP contribution in [0.4, 0.5) is 21.8 Å². The molecule has 3 aromatic rings. The first-order valence-electron chi connectivity index (χ1n) is 11.3. The third-order valence-electron chi connectivity index (χ3n) is 5.44. The Morgan fingerprint density at radius 1 is 1.22 bits per heavy atom. The normalized spacial score (nSPS) is 14.6. The molecule has 4 N–H and O–H groups in total. The van der Waals surface area contributed by atoms with Crippen LogP contribution in [0.5, 0.6) is 0 Å². The number of fused-ring (bicyclic) bond motifs is 1. The van der Waals surface area contributed by atoms with Crippen LogP contribution < -0.4 is 15.5 Å². The van der Waals surface area contributed by atoms with E-state index in [1.54, 1.807) is 27.0 Å². The minimum absolute atomic E-state index is 0.00574. The Hall–Kier alpha value is -4.19. The third kappa shape index (κ3) is 5.71. The maximum absolute atomic E-state index is 14.7. The number of hydrogen-bond donors (Lipinski definition) is 4. The van der Waals surface area contributed by atoms with Gasteiger partial charge >= 0.3 is 0 Å². The molecule has 0 atom stereocenters. The van der Waals surface area contributed by atoms with Crippen LogP contribution in [0.25, 0.3) is 11.0 Å². The molecule has 0 spiro atoms. The van der Waals surface area contributed by atoms with Gasteiger partial charge in [-0.2, -0.15) is 0 Å². The first-order chi connectivity index (χ1) is 17.1. The van der Waals surface area contributed by atoms with E-state index in [9.17, 15) is 14.3 Å². The lowest BCUT2D eigenvalue weighted by Gasteiger charge is -2.26. The summed E-state index contributed by atoms with van der Waals surface area (Å²) in [6.07, 6.45) is 4.05. The number of carbonyl (C=O) groups excluding carboxylic acids is 1. The van der Waals surface area contributed by atoms with Gasteiger partial charge in [0.15, 0.2) is 5.82 Å². The number of anilines is 3. The van der Waals surface area contributed by atoms with Crippen molar-refractivity contribution in [3.05, 3.63) is 53.9 Å². The lowest BCUT2D eigenvalue weighted by molar-refractivity contribution is 0.0977. The van der Waals surface area contributed by atoms with Crippen molar-refractivity contribution in [2.45, 2.75) is 20.8 Å². The summed E-state index contributed by atoms with van der Waals surface area (Å²) >= 11 is 0. The number of nitrogens with zero attached hydrogens (tertiary/aromatic N) is 5. The molecule has 0 saturated carbocycles. The van der Waals surface area contributed by atoms with Crippen molar-refractivity contribution in [1.82, 2.24) is 25.3 Å². The number of nitrogens with one attached hydrogen (secondary N) is 3. The van der Waals surface area contributed by atoms with Gasteiger partial charge < -0.3 is 25.4 Å². The first-order valence-corrected chi connectivity index (χ1v) is 11.3. The number of aliphatic hydroxyl groups is 1. The number of hydrogen-bond acceptors (Lipinski definition) is 10. The highest BCUT2D eigenvalue weighted by atomic mass is 19.1. The van der Waals surface area contributed by atoms with Crippen molar-refractivity contribution in [1.29, 1.82) is 5.41 Å². The van der Waals surface area contributed by atoms with Crippen molar-refractivity contribution in [3.63, 3.8) is 0 Å². The smallest absolute Gasteiger partial charge is 0.256 e. The standard InChI is InChI=1S/C24H27FN8O3/c1-24(2,3)18(34)11-19(26)31-22(35)14-4-5-15(25)16(10-14)30-21-20-17(28-13-29-21)12-27-23(32-20)33-6-8-36-9-7-33/h4-5,10-13,34H,6-9H2,1-3H3,(H2,26,31,35)(H,28,29,30)/b18-11-. The Morgan fingerprint density at radius 2 is 1.97 bits per heavy atom. The molecule has 12 heteroatoms. The van der Waals surface area contributed by atoms with Crippen molar-refractivity contribution in [2.75, 3.05) is 36.5 Å².